The van der Waals surface area contributed by atoms with E-state index < -0.39 is 6.10 Å². The molecule has 0 amide bonds. The third-order valence-electron chi connectivity index (χ3n) is 3.37. The molecule has 1 saturated heterocycles. The van der Waals surface area contributed by atoms with Crippen molar-refractivity contribution in [3.05, 3.63) is 29.8 Å². The van der Waals surface area contributed by atoms with Crippen LogP contribution in [0.5, 0.6) is 5.75 Å². The highest BCUT2D eigenvalue weighted by Gasteiger charge is 2.23. The van der Waals surface area contributed by atoms with Crippen molar-refractivity contribution in [2.24, 2.45) is 0 Å². The molecule has 0 spiro atoms. The van der Waals surface area contributed by atoms with E-state index in [1.54, 1.807) is 24.3 Å². The third-order valence-corrected chi connectivity index (χ3v) is 4.60. The highest BCUT2D eigenvalue weighted by molar-refractivity contribution is 8.00. The minimum Gasteiger partial charge on any atom is -0.491 e. The topological polar surface area (TPSA) is 56.5 Å². The maximum absolute atomic E-state index is 10.1. The predicted molar refractivity (Wildman–Crippen MR) is 85.6 cm³/mol. The maximum Gasteiger partial charge on any atom is 0.120 e. The van der Waals surface area contributed by atoms with Gasteiger partial charge in [0.1, 0.15) is 18.5 Å². The molecule has 3 atom stereocenters. The van der Waals surface area contributed by atoms with Crippen molar-refractivity contribution in [1.82, 2.24) is 4.90 Å². The Morgan fingerprint density at radius 3 is 2.81 bits per heavy atom. The second-order valence-corrected chi connectivity index (χ2v) is 7.46. The largest absolute Gasteiger partial charge is 0.491 e. The van der Waals surface area contributed by atoms with E-state index in [-0.39, 0.29) is 6.61 Å². The van der Waals surface area contributed by atoms with Gasteiger partial charge in [-0.05, 0) is 18.2 Å². The van der Waals surface area contributed by atoms with E-state index >= 15 is 0 Å². The molecule has 0 aliphatic carbocycles. The van der Waals surface area contributed by atoms with Crippen molar-refractivity contribution in [2.75, 3.05) is 26.2 Å². The van der Waals surface area contributed by atoms with Crippen LogP contribution in [-0.2, 0) is 0 Å². The standard InChI is InChI=1S/C16H22N2O2S/c1-12-8-18(9-13(2)21-12)10-15(19)11-20-16-5-3-4-14(6-16)7-17/h3-6,12-13,15,19H,8-11H2,1-2H3. The minimum atomic E-state index is -0.516. The summed E-state index contributed by atoms with van der Waals surface area (Å²) < 4.78 is 5.57. The molecule has 1 fully saturated rings. The van der Waals surface area contributed by atoms with Crippen molar-refractivity contribution >= 4 is 11.8 Å². The zero-order valence-electron chi connectivity index (χ0n) is 12.5. The average molecular weight is 306 g/mol. The molecule has 0 saturated carbocycles. The Balaban J connectivity index is 1.79. The van der Waals surface area contributed by atoms with Crippen LogP contribution in [0.15, 0.2) is 24.3 Å². The summed E-state index contributed by atoms with van der Waals surface area (Å²) in [5.74, 6) is 0.629. The monoisotopic (exact) mass is 306 g/mol. The molecule has 1 N–H and O–H groups in total. The molecule has 1 heterocycles. The van der Waals surface area contributed by atoms with Crippen LogP contribution < -0.4 is 4.74 Å². The van der Waals surface area contributed by atoms with Gasteiger partial charge < -0.3 is 9.84 Å². The van der Waals surface area contributed by atoms with Gasteiger partial charge in [0.2, 0.25) is 0 Å². The summed E-state index contributed by atoms with van der Waals surface area (Å²) in [7, 11) is 0. The van der Waals surface area contributed by atoms with E-state index in [1.807, 2.05) is 11.8 Å². The van der Waals surface area contributed by atoms with E-state index in [2.05, 4.69) is 24.8 Å². The molecular weight excluding hydrogens is 284 g/mol. The fourth-order valence-corrected chi connectivity index (χ4v) is 4.02. The smallest absolute Gasteiger partial charge is 0.120 e. The quantitative estimate of drug-likeness (QED) is 0.903. The van der Waals surface area contributed by atoms with Gasteiger partial charge in [-0.2, -0.15) is 17.0 Å². The molecule has 1 aliphatic heterocycles. The molecule has 114 valence electrons. The van der Waals surface area contributed by atoms with Gasteiger partial charge in [-0.3, -0.25) is 4.90 Å². The van der Waals surface area contributed by atoms with Gasteiger partial charge >= 0.3 is 0 Å². The number of aliphatic hydroxyl groups is 1. The lowest BCUT2D eigenvalue weighted by Gasteiger charge is -2.35. The van der Waals surface area contributed by atoms with Gasteiger partial charge in [0.05, 0.1) is 11.6 Å². The molecule has 0 bridgehead atoms. The van der Waals surface area contributed by atoms with Crippen LogP contribution in [0.1, 0.15) is 19.4 Å². The Bertz CT molecular complexity index is 493. The first-order valence-electron chi connectivity index (χ1n) is 7.25. The average Bonchev–Trinajstić information content (AvgIpc) is 2.44. The van der Waals surface area contributed by atoms with Crippen molar-refractivity contribution in [1.29, 1.82) is 5.26 Å². The lowest BCUT2D eigenvalue weighted by atomic mass is 10.2. The Labute approximate surface area is 130 Å². The Morgan fingerprint density at radius 2 is 2.14 bits per heavy atom. The second kappa shape index (κ2) is 7.69. The number of thioether (sulfide) groups is 1. The number of aliphatic hydroxyl groups excluding tert-OH is 1. The van der Waals surface area contributed by atoms with E-state index in [0.29, 0.717) is 28.4 Å². The van der Waals surface area contributed by atoms with Gasteiger partial charge in [-0.15, -0.1) is 0 Å². The molecule has 2 rings (SSSR count). The predicted octanol–water partition coefficient (Wildman–Crippen LogP) is 2.12. The van der Waals surface area contributed by atoms with Crippen LogP contribution in [-0.4, -0.2) is 52.9 Å². The summed E-state index contributed by atoms with van der Waals surface area (Å²) in [4.78, 5) is 2.30. The molecule has 3 unspecified atom stereocenters. The number of nitrogens with zero attached hydrogens (tertiary/aromatic N) is 2. The molecule has 0 radical (unpaired) electrons. The number of benzene rings is 1. The summed E-state index contributed by atoms with van der Waals surface area (Å²) in [5.41, 5.74) is 0.567. The second-order valence-electron chi connectivity index (χ2n) is 5.58. The van der Waals surface area contributed by atoms with Gasteiger partial charge in [0, 0.05) is 30.1 Å². The molecule has 4 nitrogen and oxygen atoms in total. The number of hydrogen-bond donors (Lipinski definition) is 1. The summed E-state index contributed by atoms with van der Waals surface area (Å²) in [5, 5.41) is 20.2. The molecular formula is C16H22N2O2S. The Kier molecular flexibility index (Phi) is 5.92. The molecule has 0 aromatic heterocycles. The summed E-state index contributed by atoms with van der Waals surface area (Å²) >= 11 is 2.00. The molecule has 21 heavy (non-hydrogen) atoms. The third kappa shape index (κ3) is 5.24. The lowest BCUT2D eigenvalue weighted by molar-refractivity contribution is 0.0677. The molecule has 1 aromatic rings. The zero-order valence-corrected chi connectivity index (χ0v) is 13.3. The van der Waals surface area contributed by atoms with Crippen LogP contribution >= 0.6 is 11.8 Å². The SMILES string of the molecule is CC1CN(CC(O)COc2cccc(C#N)c2)CC(C)S1. The lowest BCUT2D eigenvalue weighted by Crippen LogP contribution is -2.45. The highest BCUT2D eigenvalue weighted by Crippen LogP contribution is 2.24. The highest BCUT2D eigenvalue weighted by atomic mass is 32.2. The van der Waals surface area contributed by atoms with E-state index in [4.69, 9.17) is 10.00 Å². The number of rotatable bonds is 5. The fourth-order valence-electron chi connectivity index (χ4n) is 2.63. The number of hydrogen-bond acceptors (Lipinski definition) is 5. The van der Waals surface area contributed by atoms with Crippen molar-refractivity contribution in [2.45, 2.75) is 30.5 Å². The first-order chi connectivity index (χ1) is 10.1. The van der Waals surface area contributed by atoms with Gasteiger partial charge in [-0.25, -0.2) is 0 Å². The summed E-state index contributed by atoms with van der Waals surface area (Å²) in [6.07, 6.45) is -0.516. The number of ether oxygens (including phenoxy) is 1. The van der Waals surface area contributed by atoms with E-state index in [9.17, 15) is 5.11 Å². The van der Waals surface area contributed by atoms with Crippen molar-refractivity contribution in [3.63, 3.8) is 0 Å². The molecule has 1 aromatic carbocycles. The van der Waals surface area contributed by atoms with Crippen LogP contribution in [0.3, 0.4) is 0 Å². The van der Waals surface area contributed by atoms with Crippen LogP contribution in [0.25, 0.3) is 0 Å². The maximum atomic E-state index is 10.1. The zero-order chi connectivity index (χ0) is 15.2. The van der Waals surface area contributed by atoms with E-state index in [1.165, 1.54) is 0 Å². The first-order valence-corrected chi connectivity index (χ1v) is 8.20. The summed E-state index contributed by atoms with van der Waals surface area (Å²) in [6.45, 7) is 7.35. The van der Waals surface area contributed by atoms with Crippen LogP contribution in [0.2, 0.25) is 0 Å². The van der Waals surface area contributed by atoms with Gasteiger partial charge in [0.15, 0.2) is 0 Å². The molecule has 1 aliphatic rings. The van der Waals surface area contributed by atoms with Crippen molar-refractivity contribution < 1.29 is 9.84 Å². The number of β-amino-alcohol motifs (C(OH)–C–C–N with tert-alkyl or cyclic N) is 1. The first kappa shape index (κ1) is 16.2. The molecule has 5 heteroatoms. The summed E-state index contributed by atoms with van der Waals surface area (Å²) in [6, 6.07) is 9.08. The van der Waals surface area contributed by atoms with Crippen LogP contribution in [0, 0.1) is 11.3 Å². The Morgan fingerprint density at radius 1 is 1.43 bits per heavy atom. The van der Waals surface area contributed by atoms with Gasteiger partial charge in [0.25, 0.3) is 0 Å². The van der Waals surface area contributed by atoms with Gasteiger partial charge in [-0.1, -0.05) is 19.9 Å². The van der Waals surface area contributed by atoms with E-state index in [0.717, 1.165) is 13.1 Å². The van der Waals surface area contributed by atoms with Crippen molar-refractivity contribution in [3.8, 4) is 11.8 Å². The Hall–Kier alpha value is -1.22. The number of nitriles is 1. The fraction of sp³-hybridized carbons (Fsp3) is 0.562. The van der Waals surface area contributed by atoms with Crippen LogP contribution in [0.4, 0.5) is 0 Å². The minimum absolute atomic E-state index is 0.251. The normalized spacial score (nSPS) is 24.3.